The van der Waals surface area contributed by atoms with Crippen LogP contribution in [0.25, 0.3) is 0 Å². The molecular weight excluding hydrogens is 394 g/mol. The zero-order valence-corrected chi connectivity index (χ0v) is 17.5. The van der Waals surface area contributed by atoms with Crippen molar-refractivity contribution in [3.05, 3.63) is 53.6 Å². The Morgan fingerprint density at radius 1 is 1.07 bits per heavy atom. The number of methoxy groups -OCH3 is 1. The van der Waals surface area contributed by atoms with Crippen molar-refractivity contribution in [1.29, 1.82) is 0 Å². The number of carbonyl (C=O) groups is 2. The minimum atomic E-state index is -3.81. The second-order valence-corrected chi connectivity index (χ2v) is 8.16. The largest absolute Gasteiger partial charge is 0.495 e. The molecule has 2 rings (SSSR count). The second-order valence-electron chi connectivity index (χ2n) is 6.25. The normalized spacial score (nSPS) is 11.3. The van der Waals surface area contributed by atoms with E-state index in [0.717, 1.165) is 5.56 Å². The number of nitrogens with two attached hydrogens (primary N) is 1. The summed E-state index contributed by atoms with van der Waals surface area (Å²) in [4.78, 5) is 23.5. The first-order valence-corrected chi connectivity index (χ1v) is 10.5. The molecule has 0 aromatic heterocycles. The van der Waals surface area contributed by atoms with E-state index in [9.17, 15) is 18.0 Å². The molecule has 0 unspecified atom stereocenters. The van der Waals surface area contributed by atoms with Gasteiger partial charge in [-0.25, -0.2) is 8.42 Å². The van der Waals surface area contributed by atoms with Gasteiger partial charge in [0.05, 0.1) is 13.5 Å². The van der Waals surface area contributed by atoms with Crippen LogP contribution in [0.15, 0.2) is 47.4 Å². The zero-order valence-electron chi connectivity index (χ0n) is 16.6. The summed E-state index contributed by atoms with van der Waals surface area (Å²) in [5.41, 5.74) is 6.58. The lowest BCUT2D eigenvalue weighted by atomic mass is 10.1. The van der Waals surface area contributed by atoms with E-state index in [-0.39, 0.29) is 22.6 Å². The maximum atomic E-state index is 12.9. The molecule has 0 saturated heterocycles. The Labute approximate surface area is 170 Å². The average Bonchev–Trinajstić information content (AvgIpc) is 2.69. The van der Waals surface area contributed by atoms with Crippen molar-refractivity contribution >= 4 is 27.5 Å². The minimum absolute atomic E-state index is 0.0619. The lowest BCUT2D eigenvalue weighted by Gasteiger charge is -2.20. The molecule has 9 heteroatoms. The molecule has 0 bridgehead atoms. The van der Waals surface area contributed by atoms with E-state index in [2.05, 4.69) is 5.32 Å². The number of ether oxygens (including phenoxy) is 1. The molecule has 2 aromatic rings. The number of benzene rings is 2. The molecule has 0 atom stereocenters. The molecule has 2 amide bonds. The predicted octanol–water partition coefficient (Wildman–Crippen LogP) is 2.01. The topological polar surface area (TPSA) is 119 Å². The van der Waals surface area contributed by atoms with Crippen LogP contribution in [0, 0.1) is 0 Å². The Balaban J connectivity index is 2.31. The number of hydrogen-bond donors (Lipinski definition) is 2. The summed E-state index contributed by atoms with van der Waals surface area (Å²) in [6, 6.07) is 10.9. The lowest BCUT2D eigenvalue weighted by molar-refractivity contribution is -0.117. The molecule has 8 nitrogen and oxygen atoms in total. The van der Waals surface area contributed by atoms with Crippen LogP contribution in [0.5, 0.6) is 5.75 Å². The SMILES string of the molecule is CCN(CC)S(=O)(=O)c1cc(C(=O)Nc2ccc(CC(N)=O)cc2)ccc1OC. The van der Waals surface area contributed by atoms with Crippen molar-refractivity contribution in [2.45, 2.75) is 25.2 Å². The van der Waals surface area contributed by atoms with Gasteiger partial charge in [0.2, 0.25) is 15.9 Å². The number of sulfonamides is 1. The molecule has 0 saturated carbocycles. The van der Waals surface area contributed by atoms with Gasteiger partial charge in [-0.05, 0) is 35.9 Å². The Kier molecular flexibility index (Phi) is 7.35. The number of primary amides is 1. The van der Waals surface area contributed by atoms with Gasteiger partial charge in [0.1, 0.15) is 10.6 Å². The fourth-order valence-electron chi connectivity index (χ4n) is 2.83. The molecule has 156 valence electrons. The van der Waals surface area contributed by atoms with Crippen LogP contribution in [0.2, 0.25) is 0 Å². The minimum Gasteiger partial charge on any atom is -0.495 e. The van der Waals surface area contributed by atoms with Gasteiger partial charge in [-0.2, -0.15) is 4.31 Å². The van der Waals surface area contributed by atoms with Gasteiger partial charge >= 0.3 is 0 Å². The van der Waals surface area contributed by atoms with Crippen LogP contribution < -0.4 is 15.8 Å². The molecule has 0 spiro atoms. The molecule has 3 N–H and O–H groups in total. The third-order valence-corrected chi connectivity index (χ3v) is 6.41. The summed E-state index contributed by atoms with van der Waals surface area (Å²) in [6.07, 6.45) is 0.110. The Morgan fingerprint density at radius 2 is 1.69 bits per heavy atom. The van der Waals surface area contributed by atoms with Crippen molar-refractivity contribution < 1.29 is 22.7 Å². The van der Waals surface area contributed by atoms with E-state index in [1.54, 1.807) is 38.1 Å². The maximum Gasteiger partial charge on any atom is 0.255 e. The summed E-state index contributed by atoms with van der Waals surface area (Å²) < 4.78 is 32.3. The van der Waals surface area contributed by atoms with Gasteiger partial charge < -0.3 is 15.8 Å². The highest BCUT2D eigenvalue weighted by Gasteiger charge is 2.26. The first-order chi connectivity index (χ1) is 13.7. The molecule has 0 heterocycles. The number of anilines is 1. The molecule has 0 aliphatic carbocycles. The van der Waals surface area contributed by atoms with Crippen molar-refractivity contribution in [3.63, 3.8) is 0 Å². The molecule has 29 heavy (non-hydrogen) atoms. The Hall–Kier alpha value is -2.91. The lowest BCUT2D eigenvalue weighted by Crippen LogP contribution is -2.31. The number of amides is 2. The molecule has 0 aliphatic heterocycles. The van der Waals surface area contributed by atoms with Crippen LogP contribution in [0.1, 0.15) is 29.8 Å². The number of hydrogen-bond acceptors (Lipinski definition) is 5. The summed E-state index contributed by atoms with van der Waals surface area (Å²) in [6.45, 7) is 4.09. The number of nitrogens with one attached hydrogen (secondary N) is 1. The van der Waals surface area contributed by atoms with E-state index in [0.29, 0.717) is 18.8 Å². The Morgan fingerprint density at radius 3 is 2.21 bits per heavy atom. The highest BCUT2D eigenvalue weighted by atomic mass is 32.2. The third-order valence-electron chi connectivity index (χ3n) is 4.34. The average molecular weight is 420 g/mol. The zero-order chi connectivity index (χ0) is 21.6. The van der Waals surface area contributed by atoms with Crippen molar-refractivity contribution in [1.82, 2.24) is 4.31 Å². The fourth-order valence-corrected chi connectivity index (χ4v) is 4.47. The highest BCUT2D eigenvalue weighted by molar-refractivity contribution is 7.89. The van der Waals surface area contributed by atoms with Crippen LogP contribution in [0.4, 0.5) is 5.69 Å². The summed E-state index contributed by atoms with van der Waals surface area (Å²) in [5.74, 6) is -0.738. The van der Waals surface area contributed by atoms with E-state index in [1.165, 1.54) is 29.6 Å². The van der Waals surface area contributed by atoms with Gasteiger partial charge in [-0.3, -0.25) is 9.59 Å². The maximum absolute atomic E-state index is 12.9. The van der Waals surface area contributed by atoms with Crippen LogP contribution >= 0.6 is 0 Å². The smallest absolute Gasteiger partial charge is 0.255 e. The molecule has 0 fully saturated rings. The Bertz CT molecular complexity index is 984. The number of rotatable bonds is 9. The fraction of sp³-hybridized carbons (Fsp3) is 0.300. The first kappa shape index (κ1) is 22.4. The van der Waals surface area contributed by atoms with Crippen molar-refractivity contribution in [2.75, 3.05) is 25.5 Å². The summed E-state index contributed by atoms with van der Waals surface area (Å²) in [5, 5.41) is 2.71. The van der Waals surface area contributed by atoms with Crippen LogP contribution in [-0.2, 0) is 21.2 Å². The van der Waals surface area contributed by atoms with E-state index >= 15 is 0 Å². The van der Waals surface area contributed by atoms with E-state index < -0.39 is 21.8 Å². The standard InChI is InChI=1S/C20H25N3O5S/c1-4-23(5-2)29(26,27)18-13-15(8-11-17(18)28-3)20(25)22-16-9-6-14(7-10-16)12-19(21)24/h6-11,13H,4-5,12H2,1-3H3,(H2,21,24)(H,22,25). The van der Waals surface area contributed by atoms with Gasteiger partial charge in [-0.15, -0.1) is 0 Å². The first-order valence-electron chi connectivity index (χ1n) is 9.09. The highest BCUT2D eigenvalue weighted by Crippen LogP contribution is 2.28. The van der Waals surface area contributed by atoms with E-state index in [1.807, 2.05) is 0 Å². The van der Waals surface area contributed by atoms with E-state index in [4.69, 9.17) is 10.5 Å². The number of nitrogens with zero attached hydrogens (tertiary/aromatic N) is 1. The number of carbonyl (C=O) groups excluding carboxylic acids is 2. The van der Waals surface area contributed by atoms with Crippen molar-refractivity contribution in [2.24, 2.45) is 5.73 Å². The summed E-state index contributed by atoms with van der Waals surface area (Å²) in [7, 11) is -2.43. The van der Waals surface area contributed by atoms with Gasteiger partial charge in [-0.1, -0.05) is 26.0 Å². The second kappa shape index (κ2) is 9.53. The van der Waals surface area contributed by atoms with Gasteiger partial charge in [0.25, 0.3) is 5.91 Å². The van der Waals surface area contributed by atoms with Crippen molar-refractivity contribution in [3.8, 4) is 5.75 Å². The predicted molar refractivity (Wildman–Crippen MR) is 110 cm³/mol. The molecular formula is C20H25N3O5S. The molecule has 0 aliphatic rings. The quantitative estimate of drug-likeness (QED) is 0.644. The molecule has 2 aromatic carbocycles. The van der Waals surface area contributed by atoms with Crippen LogP contribution in [0.3, 0.4) is 0 Å². The monoisotopic (exact) mass is 419 g/mol. The summed E-state index contributed by atoms with van der Waals surface area (Å²) >= 11 is 0. The molecule has 0 radical (unpaired) electrons. The van der Waals surface area contributed by atoms with Gasteiger partial charge in [0, 0.05) is 24.3 Å². The van der Waals surface area contributed by atoms with Crippen LogP contribution in [-0.4, -0.2) is 44.7 Å². The third kappa shape index (κ3) is 5.33. The van der Waals surface area contributed by atoms with Gasteiger partial charge in [0.15, 0.2) is 0 Å².